The summed E-state index contributed by atoms with van der Waals surface area (Å²) in [4.78, 5) is 27.7. The fourth-order valence-electron chi connectivity index (χ4n) is 3.75. The highest BCUT2D eigenvalue weighted by Gasteiger charge is 2.32. The molecule has 202 valence electrons. The lowest BCUT2D eigenvalue weighted by atomic mass is 10.1. The lowest BCUT2D eigenvalue weighted by molar-refractivity contribution is -0.139. The van der Waals surface area contributed by atoms with E-state index in [1.807, 2.05) is 13.8 Å². The van der Waals surface area contributed by atoms with E-state index in [4.69, 9.17) is 9.47 Å². The molecule has 1 aliphatic rings. The first kappa shape index (κ1) is 28.2. The van der Waals surface area contributed by atoms with Crippen molar-refractivity contribution in [2.45, 2.75) is 40.3 Å². The van der Waals surface area contributed by atoms with Gasteiger partial charge in [0, 0.05) is 24.7 Å². The Balaban J connectivity index is 1.94. The van der Waals surface area contributed by atoms with Gasteiger partial charge in [0.15, 0.2) is 11.5 Å². The van der Waals surface area contributed by atoms with Crippen molar-refractivity contribution < 1.29 is 31.9 Å². The van der Waals surface area contributed by atoms with Crippen LogP contribution in [0, 0.1) is 11.7 Å². The van der Waals surface area contributed by atoms with Crippen molar-refractivity contribution >= 4 is 27.5 Å². The average Bonchev–Trinajstić information content (AvgIpc) is 2.88. The van der Waals surface area contributed by atoms with Crippen LogP contribution in [0.25, 0.3) is 0 Å². The van der Waals surface area contributed by atoms with Crippen LogP contribution in [0.3, 0.4) is 0 Å². The molecule has 0 bridgehead atoms. The number of anilines is 1. The van der Waals surface area contributed by atoms with Crippen LogP contribution in [-0.4, -0.2) is 63.2 Å². The Morgan fingerprint density at radius 2 is 1.73 bits per heavy atom. The maximum Gasteiger partial charge on any atom is 0.244 e. The first-order valence-corrected chi connectivity index (χ1v) is 13.8. The van der Waals surface area contributed by atoms with Gasteiger partial charge in [-0.15, -0.1) is 0 Å². The fourth-order valence-corrected chi connectivity index (χ4v) is 4.81. The minimum Gasteiger partial charge on any atom is -0.486 e. The van der Waals surface area contributed by atoms with Gasteiger partial charge in [-0.25, -0.2) is 12.8 Å². The predicted molar refractivity (Wildman–Crippen MR) is 138 cm³/mol. The lowest BCUT2D eigenvalue weighted by Crippen LogP contribution is -2.51. The molecular weight excluding hydrogens is 501 g/mol. The number of hydrogen-bond acceptors (Lipinski definition) is 6. The smallest absolute Gasteiger partial charge is 0.244 e. The topological polar surface area (TPSA) is 105 Å². The molecule has 1 aliphatic heterocycles. The zero-order valence-electron chi connectivity index (χ0n) is 21.6. The third kappa shape index (κ3) is 7.12. The molecule has 0 unspecified atom stereocenters. The first-order chi connectivity index (χ1) is 17.5. The van der Waals surface area contributed by atoms with Gasteiger partial charge in [0.1, 0.15) is 31.6 Å². The van der Waals surface area contributed by atoms with Crippen molar-refractivity contribution in [1.29, 1.82) is 0 Å². The number of sulfonamides is 1. The Labute approximate surface area is 217 Å². The second-order valence-electron chi connectivity index (χ2n) is 9.16. The summed E-state index contributed by atoms with van der Waals surface area (Å²) in [5, 5.41) is 2.79. The van der Waals surface area contributed by atoms with Crippen LogP contribution < -0.4 is 19.1 Å². The van der Waals surface area contributed by atoms with Crippen LogP contribution in [0.2, 0.25) is 0 Å². The van der Waals surface area contributed by atoms with Crippen LogP contribution >= 0.6 is 0 Å². The molecule has 1 heterocycles. The number of nitrogens with one attached hydrogen (secondary N) is 1. The number of fused-ring (bicyclic) bond motifs is 1. The van der Waals surface area contributed by atoms with E-state index in [0.717, 1.165) is 4.31 Å². The molecule has 2 amide bonds. The highest BCUT2D eigenvalue weighted by atomic mass is 32.2. The standard InChI is InChI=1S/C26H34FN3O6S/c1-5-37(33,34)30(21-10-11-23-24(14-21)36-13-12-35-23)17-25(31)29(16-20-8-6-7-9-22(20)27)19(4)26(32)28-15-18(2)3/h6-11,14,18-19H,5,12-13,15-17H2,1-4H3,(H,28,32)/t19-/m0/s1. The number of carbonyl (C=O) groups is 2. The summed E-state index contributed by atoms with van der Waals surface area (Å²) in [6.07, 6.45) is 0. The molecule has 0 radical (unpaired) electrons. The van der Waals surface area contributed by atoms with E-state index >= 15 is 0 Å². The van der Waals surface area contributed by atoms with Crippen molar-refractivity contribution in [2.24, 2.45) is 5.92 Å². The minimum absolute atomic E-state index is 0.187. The van der Waals surface area contributed by atoms with Crippen LogP contribution in [0.4, 0.5) is 10.1 Å². The Bertz CT molecular complexity index is 1220. The summed E-state index contributed by atoms with van der Waals surface area (Å²) in [7, 11) is -3.90. The summed E-state index contributed by atoms with van der Waals surface area (Å²) in [6.45, 7) is 7.20. The zero-order chi connectivity index (χ0) is 27.2. The molecule has 3 rings (SSSR count). The third-order valence-corrected chi connectivity index (χ3v) is 7.68. The number of rotatable bonds is 11. The van der Waals surface area contributed by atoms with Crippen molar-refractivity contribution in [3.05, 3.63) is 53.8 Å². The van der Waals surface area contributed by atoms with Crippen molar-refractivity contribution in [3.8, 4) is 11.5 Å². The van der Waals surface area contributed by atoms with E-state index in [9.17, 15) is 22.4 Å². The van der Waals surface area contributed by atoms with Gasteiger partial charge in [-0.05, 0) is 38.0 Å². The van der Waals surface area contributed by atoms with Crippen molar-refractivity contribution in [3.63, 3.8) is 0 Å². The third-order valence-electron chi connectivity index (χ3n) is 5.94. The van der Waals surface area contributed by atoms with Gasteiger partial charge in [0.05, 0.1) is 11.4 Å². The highest BCUT2D eigenvalue weighted by Crippen LogP contribution is 2.35. The number of amides is 2. The van der Waals surface area contributed by atoms with E-state index in [2.05, 4.69) is 5.32 Å². The van der Waals surface area contributed by atoms with E-state index < -0.39 is 40.2 Å². The Morgan fingerprint density at radius 1 is 1.05 bits per heavy atom. The normalized spacial score (nSPS) is 13.7. The van der Waals surface area contributed by atoms with E-state index in [-0.39, 0.29) is 29.5 Å². The Morgan fingerprint density at radius 3 is 2.38 bits per heavy atom. The summed E-state index contributed by atoms with van der Waals surface area (Å²) in [6, 6.07) is 9.61. The molecule has 2 aromatic carbocycles. The molecule has 11 heteroatoms. The van der Waals surface area contributed by atoms with Gasteiger partial charge >= 0.3 is 0 Å². The molecule has 2 aromatic rings. The van der Waals surface area contributed by atoms with Gasteiger partial charge in [-0.3, -0.25) is 13.9 Å². The van der Waals surface area contributed by atoms with Gasteiger partial charge in [0.25, 0.3) is 0 Å². The second-order valence-corrected chi connectivity index (χ2v) is 11.3. The second kappa shape index (κ2) is 12.3. The number of hydrogen-bond donors (Lipinski definition) is 1. The maximum absolute atomic E-state index is 14.5. The monoisotopic (exact) mass is 535 g/mol. The molecule has 0 spiro atoms. The van der Waals surface area contributed by atoms with Gasteiger partial charge in [-0.2, -0.15) is 0 Å². The molecule has 9 nitrogen and oxygen atoms in total. The summed E-state index contributed by atoms with van der Waals surface area (Å²) < 4.78 is 52.7. The molecule has 0 saturated carbocycles. The highest BCUT2D eigenvalue weighted by molar-refractivity contribution is 7.92. The van der Waals surface area contributed by atoms with E-state index in [1.165, 1.54) is 49.1 Å². The average molecular weight is 536 g/mol. The van der Waals surface area contributed by atoms with Gasteiger partial charge in [0.2, 0.25) is 21.8 Å². The number of benzene rings is 2. The molecular formula is C26H34FN3O6S. The fraction of sp³-hybridized carbons (Fsp3) is 0.462. The molecule has 1 N–H and O–H groups in total. The summed E-state index contributed by atoms with van der Waals surface area (Å²) >= 11 is 0. The summed E-state index contributed by atoms with van der Waals surface area (Å²) in [5.74, 6) is -0.812. The first-order valence-electron chi connectivity index (χ1n) is 12.2. The van der Waals surface area contributed by atoms with E-state index in [1.54, 1.807) is 12.1 Å². The molecule has 37 heavy (non-hydrogen) atoms. The zero-order valence-corrected chi connectivity index (χ0v) is 22.4. The van der Waals surface area contributed by atoms with Crippen LogP contribution in [-0.2, 0) is 26.2 Å². The minimum atomic E-state index is -3.90. The lowest BCUT2D eigenvalue weighted by Gasteiger charge is -2.32. The van der Waals surface area contributed by atoms with Crippen LogP contribution in [0.5, 0.6) is 11.5 Å². The number of ether oxygens (including phenoxy) is 2. The quantitative estimate of drug-likeness (QED) is 0.474. The number of halogens is 1. The molecule has 0 saturated heterocycles. The SMILES string of the molecule is CCS(=O)(=O)N(CC(=O)N(Cc1ccccc1F)[C@@H](C)C(=O)NCC(C)C)c1ccc2c(c1)OCCO2. The Kier molecular flexibility index (Phi) is 9.36. The predicted octanol–water partition coefficient (Wildman–Crippen LogP) is 2.94. The molecule has 0 fully saturated rings. The van der Waals surface area contributed by atoms with E-state index in [0.29, 0.717) is 31.3 Å². The van der Waals surface area contributed by atoms with Crippen LogP contribution in [0.15, 0.2) is 42.5 Å². The summed E-state index contributed by atoms with van der Waals surface area (Å²) in [5.41, 5.74) is 0.436. The van der Waals surface area contributed by atoms with Crippen molar-refractivity contribution in [1.82, 2.24) is 10.2 Å². The van der Waals surface area contributed by atoms with Crippen molar-refractivity contribution in [2.75, 3.05) is 36.4 Å². The number of nitrogens with zero attached hydrogens (tertiary/aromatic N) is 2. The maximum atomic E-state index is 14.5. The van der Waals surface area contributed by atoms with Gasteiger partial charge in [-0.1, -0.05) is 32.0 Å². The van der Waals surface area contributed by atoms with Crippen LogP contribution in [0.1, 0.15) is 33.3 Å². The molecule has 1 atom stereocenters. The molecule has 0 aliphatic carbocycles. The molecule has 0 aromatic heterocycles. The van der Waals surface area contributed by atoms with Gasteiger partial charge < -0.3 is 19.7 Å². The largest absolute Gasteiger partial charge is 0.486 e. The Hall–Kier alpha value is -3.34. The number of carbonyl (C=O) groups excluding carboxylic acids is 2.